The number of rotatable bonds is 1. The van der Waals surface area contributed by atoms with Crippen molar-refractivity contribution in [3.05, 3.63) is 60.7 Å². The first-order valence-electron chi connectivity index (χ1n) is 7.25. The Hall–Kier alpha value is -1.67. The zero-order valence-corrected chi connectivity index (χ0v) is 12.1. The Labute approximate surface area is 124 Å². The van der Waals surface area contributed by atoms with Crippen molar-refractivity contribution >= 4 is 23.1 Å². The highest BCUT2D eigenvalue weighted by molar-refractivity contribution is 7.99. The molecule has 1 aliphatic heterocycles. The van der Waals surface area contributed by atoms with E-state index in [9.17, 15) is 0 Å². The fraction of sp³-hybridized carbons (Fsp3) is 0.222. The minimum atomic E-state index is 0.493. The summed E-state index contributed by atoms with van der Waals surface area (Å²) in [4.78, 5) is 5.26. The van der Waals surface area contributed by atoms with Crippen molar-refractivity contribution < 1.29 is 0 Å². The van der Waals surface area contributed by atoms with Crippen molar-refractivity contribution in [2.75, 3.05) is 4.90 Å². The van der Waals surface area contributed by atoms with Crippen molar-refractivity contribution in [1.29, 1.82) is 0 Å². The van der Waals surface area contributed by atoms with Crippen LogP contribution in [-0.4, -0.2) is 6.04 Å². The van der Waals surface area contributed by atoms with Crippen molar-refractivity contribution in [2.24, 2.45) is 0 Å². The molecule has 1 unspecified atom stereocenters. The fourth-order valence-electron chi connectivity index (χ4n) is 3.10. The third-order valence-electron chi connectivity index (χ3n) is 4.03. The van der Waals surface area contributed by atoms with Gasteiger partial charge in [0.15, 0.2) is 0 Å². The normalized spacial score (nSPS) is 20.4. The van der Waals surface area contributed by atoms with E-state index in [4.69, 9.17) is 0 Å². The highest BCUT2D eigenvalue weighted by atomic mass is 32.2. The van der Waals surface area contributed by atoms with E-state index in [1.807, 2.05) is 11.8 Å². The largest absolute Gasteiger partial charge is 0.333 e. The van der Waals surface area contributed by atoms with Crippen LogP contribution in [0.4, 0.5) is 11.4 Å². The molecular formula is C18H17NS. The number of allylic oxidation sites excluding steroid dienone is 1. The topological polar surface area (TPSA) is 3.24 Å². The number of hydrogen-bond acceptors (Lipinski definition) is 2. The Kier molecular flexibility index (Phi) is 3.04. The standard InChI is InChI=1S/C18H17NS/c1-2-8-14(9-3-1)19-15-10-4-6-12-17(15)20-18-13-7-5-11-16(18)19/h2,4-8,10-14H,1,3,9H2. The number of hydrogen-bond donors (Lipinski definition) is 0. The van der Waals surface area contributed by atoms with Gasteiger partial charge in [0, 0.05) is 9.79 Å². The fourth-order valence-corrected chi connectivity index (χ4v) is 4.17. The molecule has 0 N–H and O–H groups in total. The van der Waals surface area contributed by atoms with Gasteiger partial charge in [-0.1, -0.05) is 48.2 Å². The van der Waals surface area contributed by atoms with Gasteiger partial charge < -0.3 is 4.90 Å². The van der Waals surface area contributed by atoms with Gasteiger partial charge in [0.25, 0.3) is 0 Å². The first-order valence-corrected chi connectivity index (χ1v) is 8.07. The molecule has 0 bridgehead atoms. The van der Waals surface area contributed by atoms with Crippen molar-refractivity contribution in [3.63, 3.8) is 0 Å². The molecule has 0 saturated heterocycles. The molecule has 4 rings (SSSR count). The Morgan fingerprint density at radius 1 is 0.900 bits per heavy atom. The minimum Gasteiger partial charge on any atom is -0.333 e. The van der Waals surface area contributed by atoms with Gasteiger partial charge in [0.1, 0.15) is 0 Å². The lowest BCUT2D eigenvalue weighted by atomic mass is 9.99. The van der Waals surface area contributed by atoms with E-state index in [1.54, 1.807) is 0 Å². The molecule has 1 atom stereocenters. The van der Waals surface area contributed by atoms with Crippen LogP contribution in [0.1, 0.15) is 19.3 Å². The second-order valence-corrected chi connectivity index (χ2v) is 6.42. The Morgan fingerprint density at radius 3 is 2.15 bits per heavy atom. The molecule has 0 saturated carbocycles. The lowest BCUT2D eigenvalue weighted by molar-refractivity contribution is 0.626. The summed E-state index contributed by atoms with van der Waals surface area (Å²) < 4.78 is 0. The molecule has 100 valence electrons. The molecule has 1 heterocycles. The average molecular weight is 279 g/mol. The number of benzene rings is 2. The third-order valence-corrected chi connectivity index (χ3v) is 5.16. The van der Waals surface area contributed by atoms with Crippen LogP contribution in [0.25, 0.3) is 0 Å². The van der Waals surface area contributed by atoms with Gasteiger partial charge in [-0.15, -0.1) is 0 Å². The summed E-state index contributed by atoms with van der Waals surface area (Å²) in [6, 6.07) is 18.0. The van der Waals surface area contributed by atoms with Gasteiger partial charge >= 0.3 is 0 Å². The highest BCUT2D eigenvalue weighted by Gasteiger charge is 2.27. The lowest BCUT2D eigenvalue weighted by Gasteiger charge is -2.38. The molecule has 2 heteroatoms. The zero-order valence-electron chi connectivity index (χ0n) is 11.3. The summed E-state index contributed by atoms with van der Waals surface area (Å²) in [5.41, 5.74) is 2.71. The Morgan fingerprint density at radius 2 is 1.55 bits per heavy atom. The van der Waals surface area contributed by atoms with Crippen LogP contribution in [0.2, 0.25) is 0 Å². The SMILES string of the molecule is C1=CC(N2c3ccccc3Sc3ccccc32)CCC1. The number of fused-ring (bicyclic) bond motifs is 2. The van der Waals surface area contributed by atoms with Crippen LogP contribution in [0, 0.1) is 0 Å². The molecule has 0 radical (unpaired) electrons. The second kappa shape index (κ2) is 5.02. The van der Waals surface area contributed by atoms with E-state index in [1.165, 1.54) is 40.4 Å². The molecule has 0 fully saturated rings. The maximum absolute atomic E-state index is 2.52. The van der Waals surface area contributed by atoms with Crippen LogP contribution < -0.4 is 4.90 Å². The summed E-state index contributed by atoms with van der Waals surface area (Å²) >= 11 is 1.88. The molecular weight excluding hydrogens is 262 g/mol. The molecule has 0 amide bonds. The number of nitrogens with zero attached hydrogens (tertiary/aromatic N) is 1. The van der Waals surface area contributed by atoms with Crippen LogP contribution in [-0.2, 0) is 0 Å². The first kappa shape index (κ1) is 12.1. The maximum Gasteiger partial charge on any atom is 0.0558 e. The predicted molar refractivity (Wildman–Crippen MR) is 85.9 cm³/mol. The summed E-state index contributed by atoms with van der Waals surface area (Å²) in [6.45, 7) is 0. The van der Waals surface area contributed by atoms with Gasteiger partial charge in [-0.2, -0.15) is 0 Å². The summed E-state index contributed by atoms with van der Waals surface area (Å²) in [5, 5.41) is 0. The highest BCUT2D eigenvalue weighted by Crippen LogP contribution is 2.49. The van der Waals surface area contributed by atoms with E-state index >= 15 is 0 Å². The third kappa shape index (κ3) is 1.95. The molecule has 0 spiro atoms. The lowest BCUT2D eigenvalue weighted by Crippen LogP contribution is -2.32. The Balaban J connectivity index is 1.87. The number of anilines is 2. The average Bonchev–Trinajstić information content (AvgIpc) is 2.53. The first-order chi connectivity index (χ1) is 9.93. The zero-order chi connectivity index (χ0) is 13.4. The molecule has 1 aliphatic carbocycles. The van der Waals surface area contributed by atoms with Gasteiger partial charge in [-0.3, -0.25) is 0 Å². The summed E-state index contributed by atoms with van der Waals surface area (Å²) in [6.07, 6.45) is 8.47. The molecule has 1 nitrogen and oxygen atoms in total. The van der Waals surface area contributed by atoms with Gasteiger partial charge in [0.2, 0.25) is 0 Å². The van der Waals surface area contributed by atoms with Crippen molar-refractivity contribution in [1.82, 2.24) is 0 Å². The smallest absolute Gasteiger partial charge is 0.0558 e. The van der Waals surface area contributed by atoms with Crippen LogP contribution in [0.15, 0.2) is 70.5 Å². The molecule has 2 aromatic carbocycles. The number of para-hydroxylation sites is 2. The van der Waals surface area contributed by atoms with Gasteiger partial charge in [-0.25, -0.2) is 0 Å². The predicted octanol–water partition coefficient (Wildman–Crippen LogP) is 5.40. The minimum absolute atomic E-state index is 0.493. The Bertz CT molecular complexity index is 616. The van der Waals surface area contributed by atoms with Gasteiger partial charge in [0.05, 0.1) is 17.4 Å². The van der Waals surface area contributed by atoms with Crippen molar-refractivity contribution in [3.8, 4) is 0 Å². The molecule has 2 aromatic rings. The van der Waals surface area contributed by atoms with E-state index in [0.29, 0.717) is 6.04 Å². The van der Waals surface area contributed by atoms with E-state index in [-0.39, 0.29) is 0 Å². The van der Waals surface area contributed by atoms with Gasteiger partial charge in [-0.05, 0) is 43.5 Å². The molecule has 2 aliphatic rings. The second-order valence-electron chi connectivity index (χ2n) is 5.33. The van der Waals surface area contributed by atoms with Crippen LogP contribution in [0.3, 0.4) is 0 Å². The van der Waals surface area contributed by atoms with Crippen LogP contribution in [0.5, 0.6) is 0 Å². The monoisotopic (exact) mass is 279 g/mol. The van der Waals surface area contributed by atoms with Crippen molar-refractivity contribution in [2.45, 2.75) is 35.1 Å². The summed E-state index contributed by atoms with van der Waals surface area (Å²) in [5.74, 6) is 0. The van der Waals surface area contributed by atoms with E-state index in [0.717, 1.165) is 0 Å². The van der Waals surface area contributed by atoms with Crippen LogP contribution >= 0.6 is 11.8 Å². The molecule has 20 heavy (non-hydrogen) atoms. The molecule has 0 aromatic heterocycles. The summed E-state index contributed by atoms with van der Waals surface area (Å²) in [7, 11) is 0. The maximum atomic E-state index is 2.52. The quantitative estimate of drug-likeness (QED) is 0.643. The van der Waals surface area contributed by atoms with E-state index in [2.05, 4.69) is 65.6 Å². The van der Waals surface area contributed by atoms with E-state index < -0.39 is 0 Å².